The number of nitrogens with zero attached hydrogens (tertiary/aromatic N) is 2. The molecular weight excluding hydrogens is 346 g/mol. The van der Waals surface area contributed by atoms with Crippen molar-refractivity contribution in [1.29, 1.82) is 0 Å². The smallest absolute Gasteiger partial charge is 0.258 e. The lowest BCUT2D eigenvalue weighted by Gasteiger charge is -2.09. The molecule has 0 spiro atoms. The SMILES string of the molecule is Nc1cc(Cl)c(Cl)c(C(=O)Nc2ncnc(Cl)c2Cl)c1. The van der Waals surface area contributed by atoms with Crippen molar-refractivity contribution in [2.24, 2.45) is 0 Å². The first-order valence-electron chi connectivity index (χ1n) is 5.12. The summed E-state index contributed by atoms with van der Waals surface area (Å²) in [6, 6.07) is 2.83. The largest absolute Gasteiger partial charge is 0.399 e. The zero-order valence-electron chi connectivity index (χ0n) is 9.62. The van der Waals surface area contributed by atoms with Gasteiger partial charge in [0.1, 0.15) is 11.3 Å². The number of hydrogen-bond acceptors (Lipinski definition) is 4. The summed E-state index contributed by atoms with van der Waals surface area (Å²) in [6.07, 6.45) is 1.16. The van der Waals surface area contributed by atoms with Crippen LogP contribution in [0.4, 0.5) is 11.5 Å². The standard InChI is InChI=1S/C11H6Cl4N4O/c12-6-2-4(16)1-5(7(6)13)11(20)19-10-8(14)9(15)17-3-18-10/h1-3H,16H2,(H,17,18,19,20). The molecule has 104 valence electrons. The molecule has 3 N–H and O–H groups in total. The van der Waals surface area contributed by atoms with E-state index in [2.05, 4.69) is 15.3 Å². The van der Waals surface area contributed by atoms with Gasteiger partial charge < -0.3 is 11.1 Å². The third-order valence-electron chi connectivity index (χ3n) is 2.27. The fourth-order valence-corrected chi connectivity index (χ4v) is 2.09. The van der Waals surface area contributed by atoms with Crippen LogP contribution >= 0.6 is 46.4 Å². The Morgan fingerprint density at radius 2 is 1.80 bits per heavy atom. The molecular formula is C11H6Cl4N4O. The van der Waals surface area contributed by atoms with Crippen LogP contribution in [0.3, 0.4) is 0 Å². The van der Waals surface area contributed by atoms with Gasteiger partial charge in [0.2, 0.25) is 0 Å². The number of nitrogens with two attached hydrogens (primary N) is 1. The molecule has 0 aliphatic carbocycles. The van der Waals surface area contributed by atoms with E-state index in [1.807, 2.05) is 0 Å². The van der Waals surface area contributed by atoms with Crippen molar-refractivity contribution in [2.45, 2.75) is 0 Å². The molecule has 5 nitrogen and oxygen atoms in total. The second kappa shape index (κ2) is 6.01. The van der Waals surface area contributed by atoms with Gasteiger partial charge in [0.15, 0.2) is 11.0 Å². The van der Waals surface area contributed by atoms with Crippen molar-refractivity contribution in [1.82, 2.24) is 9.97 Å². The highest BCUT2D eigenvalue weighted by Gasteiger charge is 2.17. The zero-order valence-corrected chi connectivity index (χ0v) is 12.6. The maximum Gasteiger partial charge on any atom is 0.258 e. The van der Waals surface area contributed by atoms with Crippen LogP contribution in [0, 0.1) is 0 Å². The average Bonchev–Trinajstić information content (AvgIpc) is 2.39. The molecule has 1 aromatic heterocycles. The summed E-state index contributed by atoms with van der Waals surface area (Å²) < 4.78 is 0. The molecule has 0 aliphatic heterocycles. The van der Waals surface area contributed by atoms with E-state index in [0.717, 1.165) is 6.33 Å². The van der Waals surface area contributed by atoms with E-state index in [4.69, 9.17) is 52.1 Å². The Hall–Kier alpha value is -1.27. The van der Waals surface area contributed by atoms with Crippen molar-refractivity contribution >= 4 is 63.8 Å². The number of carbonyl (C=O) groups excluding carboxylic acids is 1. The van der Waals surface area contributed by atoms with Crippen LogP contribution in [0.1, 0.15) is 10.4 Å². The molecule has 2 rings (SSSR count). The lowest BCUT2D eigenvalue weighted by atomic mass is 10.2. The van der Waals surface area contributed by atoms with Crippen LogP contribution in [0.5, 0.6) is 0 Å². The summed E-state index contributed by atoms with van der Waals surface area (Å²) in [7, 11) is 0. The van der Waals surface area contributed by atoms with E-state index in [1.165, 1.54) is 12.1 Å². The van der Waals surface area contributed by atoms with Crippen LogP contribution in [-0.2, 0) is 0 Å². The first kappa shape index (κ1) is 15.1. The van der Waals surface area contributed by atoms with Gasteiger partial charge in [0, 0.05) is 5.69 Å². The zero-order chi connectivity index (χ0) is 14.9. The van der Waals surface area contributed by atoms with Crippen molar-refractivity contribution in [3.05, 3.63) is 44.2 Å². The van der Waals surface area contributed by atoms with Gasteiger partial charge in [-0.05, 0) is 12.1 Å². The Balaban J connectivity index is 2.36. The Morgan fingerprint density at radius 1 is 1.10 bits per heavy atom. The molecule has 0 radical (unpaired) electrons. The normalized spacial score (nSPS) is 10.4. The predicted octanol–water partition coefficient (Wildman–Crippen LogP) is 3.92. The summed E-state index contributed by atoms with van der Waals surface area (Å²) in [6.45, 7) is 0. The van der Waals surface area contributed by atoms with E-state index in [9.17, 15) is 4.79 Å². The molecule has 9 heteroatoms. The first-order chi connectivity index (χ1) is 9.40. The third-order valence-corrected chi connectivity index (χ3v) is 3.82. The van der Waals surface area contributed by atoms with Gasteiger partial charge in [-0.2, -0.15) is 0 Å². The molecule has 0 aliphatic rings. The van der Waals surface area contributed by atoms with Crippen molar-refractivity contribution in [3.63, 3.8) is 0 Å². The van der Waals surface area contributed by atoms with Gasteiger partial charge in [-0.15, -0.1) is 0 Å². The van der Waals surface area contributed by atoms with E-state index in [1.54, 1.807) is 0 Å². The van der Waals surface area contributed by atoms with Gasteiger partial charge in [0.25, 0.3) is 5.91 Å². The van der Waals surface area contributed by atoms with Gasteiger partial charge in [-0.25, -0.2) is 9.97 Å². The number of amides is 1. The maximum atomic E-state index is 12.1. The monoisotopic (exact) mass is 350 g/mol. The number of halogens is 4. The predicted molar refractivity (Wildman–Crippen MR) is 80.9 cm³/mol. The minimum atomic E-state index is -0.569. The molecule has 1 heterocycles. The third kappa shape index (κ3) is 3.07. The maximum absolute atomic E-state index is 12.1. The number of aromatic nitrogens is 2. The molecule has 1 aromatic carbocycles. The number of nitrogen functional groups attached to an aromatic ring is 1. The number of hydrogen-bond donors (Lipinski definition) is 2. The number of benzene rings is 1. The van der Waals surface area contributed by atoms with Gasteiger partial charge in [-0.3, -0.25) is 4.79 Å². The van der Waals surface area contributed by atoms with Gasteiger partial charge in [0.05, 0.1) is 15.6 Å². The summed E-state index contributed by atoms with van der Waals surface area (Å²) in [4.78, 5) is 19.6. The van der Waals surface area contributed by atoms with E-state index < -0.39 is 5.91 Å². The topological polar surface area (TPSA) is 80.9 Å². The number of anilines is 2. The highest BCUT2D eigenvalue weighted by Crippen LogP contribution is 2.30. The molecule has 0 bridgehead atoms. The highest BCUT2D eigenvalue weighted by atomic mass is 35.5. The second-order valence-corrected chi connectivity index (χ2v) is 5.17. The quantitative estimate of drug-likeness (QED) is 0.634. The molecule has 0 fully saturated rings. The summed E-state index contributed by atoms with van der Waals surface area (Å²) in [5.41, 5.74) is 6.02. The Labute approximate surface area is 134 Å². The second-order valence-electron chi connectivity index (χ2n) is 3.65. The van der Waals surface area contributed by atoms with E-state index in [-0.39, 0.29) is 31.6 Å². The molecule has 0 saturated heterocycles. The van der Waals surface area contributed by atoms with Crippen LogP contribution < -0.4 is 11.1 Å². The molecule has 2 aromatic rings. The van der Waals surface area contributed by atoms with Crippen molar-refractivity contribution in [2.75, 3.05) is 11.1 Å². The Morgan fingerprint density at radius 3 is 2.50 bits per heavy atom. The average molecular weight is 352 g/mol. The lowest BCUT2D eigenvalue weighted by molar-refractivity contribution is 0.102. The van der Waals surface area contributed by atoms with E-state index in [0.29, 0.717) is 5.69 Å². The Bertz CT molecular complexity index is 692. The number of nitrogens with one attached hydrogen (secondary N) is 1. The Kier molecular flexibility index (Phi) is 4.55. The van der Waals surface area contributed by atoms with Crippen LogP contribution in [0.15, 0.2) is 18.5 Å². The number of carbonyl (C=O) groups is 1. The molecule has 20 heavy (non-hydrogen) atoms. The summed E-state index contributed by atoms with van der Waals surface area (Å²) in [5.74, 6) is -0.507. The highest BCUT2D eigenvalue weighted by molar-refractivity contribution is 6.45. The molecule has 0 saturated carbocycles. The van der Waals surface area contributed by atoms with Gasteiger partial charge in [-0.1, -0.05) is 46.4 Å². The minimum Gasteiger partial charge on any atom is -0.399 e. The fourth-order valence-electron chi connectivity index (χ4n) is 1.39. The summed E-state index contributed by atoms with van der Waals surface area (Å²) >= 11 is 23.4. The van der Waals surface area contributed by atoms with Crippen molar-refractivity contribution < 1.29 is 4.79 Å². The lowest BCUT2D eigenvalue weighted by Crippen LogP contribution is -2.14. The summed E-state index contributed by atoms with van der Waals surface area (Å²) in [5, 5.41) is 2.75. The fraction of sp³-hybridized carbons (Fsp3) is 0. The van der Waals surface area contributed by atoms with Crippen LogP contribution in [-0.4, -0.2) is 15.9 Å². The first-order valence-corrected chi connectivity index (χ1v) is 6.63. The van der Waals surface area contributed by atoms with E-state index >= 15 is 0 Å². The van der Waals surface area contributed by atoms with Crippen LogP contribution in [0.25, 0.3) is 0 Å². The minimum absolute atomic E-state index is 0.0219. The number of rotatable bonds is 2. The molecule has 0 unspecified atom stereocenters. The van der Waals surface area contributed by atoms with Crippen LogP contribution in [0.2, 0.25) is 20.2 Å². The molecule has 0 atom stereocenters. The van der Waals surface area contributed by atoms with Gasteiger partial charge >= 0.3 is 0 Å². The molecule has 1 amide bonds. The van der Waals surface area contributed by atoms with Crippen molar-refractivity contribution in [3.8, 4) is 0 Å².